The van der Waals surface area contributed by atoms with E-state index < -0.39 is 0 Å². The predicted molar refractivity (Wildman–Crippen MR) is 129 cm³/mol. The van der Waals surface area contributed by atoms with Crippen LogP contribution in [0.2, 0.25) is 0 Å². The number of piperazine rings is 1. The third-order valence-corrected chi connectivity index (χ3v) is 6.17. The molecule has 1 fully saturated rings. The van der Waals surface area contributed by atoms with Gasteiger partial charge >= 0.3 is 0 Å². The largest absolute Gasteiger partial charge is 0.493 e. The highest BCUT2D eigenvalue weighted by molar-refractivity contribution is 5.97. The van der Waals surface area contributed by atoms with Crippen molar-refractivity contribution in [2.45, 2.75) is 12.8 Å². The Morgan fingerprint density at radius 1 is 0.906 bits per heavy atom. The number of fused-ring (bicyclic) bond motifs is 2. The molecule has 0 aliphatic carbocycles. The fraction of sp³-hybridized carbons (Fsp3) is 0.296. The second-order valence-electron chi connectivity index (χ2n) is 8.31. The van der Waals surface area contributed by atoms with Gasteiger partial charge in [-0.2, -0.15) is 0 Å². The minimum absolute atomic E-state index is 0.0230. The minimum Gasteiger partial charge on any atom is -0.493 e. The number of benzene rings is 3. The van der Waals surface area contributed by atoms with E-state index in [0.717, 1.165) is 67.7 Å². The average molecular weight is 429 g/mol. The first-order valence-electron chi connectivity index (χ1n) is 11.4. The van der Waals surface area contributed by atoms with Gasteiger partial charge in [-0.15, -0.1) is 0 Å². The van der Waals surface area contributed by atoms with E-state index in [1.165, 1.54) is 0 Å². The monoisotopic (exact) mass is 428 g/mol. The maximum atomic E-state index is 13.2. The average Bonchev–Trinajstić information content (AvgIpc) is 2.84. The first-order chi connectivity index (χ1) is 15.8. The number of hydrogen-bond donors (Lipinski definition) is 1. The molecule has 1 saturated heterocycles. The predicted octanol–water partition coefficient (Wildman–Crippen LogP) is 4.68. The van der Waals surface area contributed by atoms with Crippen molar-refractivity contribution < 1.29 is 9.15 Å². The zero-order valence-electron chi connectivity index (χ0n) is 18.2. The van der Waals surface area contributed by atoms with Gasteiger partial charge in [-0.3, -0.25) is 4.79 Å². The molecular weight excluding hydrogens is 400 g/mol. The number of rotatable bonds is 7. The molecular formula is C27H28N2O3. The van der Waals surface area contributed by atoms with Gasteiger partial charge in [0.25, 0.3) is 0 Å². The molecule has 2 heterocycles. The molecule has 0 saturated carbocycles. The van der Waals surface area contributed by atoms with Gasteiger partial charge in [0.2, 0.25) is 5.43 Å². The number of unbranched alkanes of at least 4 members (excludes halogenated alkanes) is 1. The maximum absolute atomic E-state index is 13.2. The normalized spacial score (nSPS) is 14.8. The van der Waals surface area contributed by atoms with Crippen molar-refractivity contribution in [1.82, 2.24) is 10.2 Å². The molecule has 0 unspecified atom stereocenters. The molecule has 1 aromatic heterocycles. The van der Waals surface area contributed by atoms with Crippen molar-refractivity contribution in [2.75, 3.05) is 39.3 Å². The van der Waals surface area contributed by atoms with Crippen LogP contribution in [0.1, 0.15) is 12.8 Å². The quantitative estimate of drug-likeness (QED) is 0.433. The van der Waals surface area contributed by atoms with Crippen molar-refractivity contribution in [1.29, 1.82) is 0 Å². The fourth-order valence-corrected chi connectivity index (χ4v) is 4.41. The molecule has 1 aliphatic rings. The molecule has 0 radical (unpaired) electrons. The van der Waals surface area contributed by atoms with Gasteiger partial charge in [-0.25, -0.2) is 0 Å². The molecule has 0 bridgehead atoms. The number of ether oxygens (including phenoxy) is 1. The lowest BCUT2D eigenvalue weighted by atomic mass is 9.98. The lowest BCUT2D eigenvalue weighted by Crippen LogP contribution is -2.43. The van der Waals surface area contributed by atoms with Crippen LogP contribution < -0.4 is 15.5 Å². The maximum Gasteiger partial charge on any atom is 0.200 e. The van der Waals surface area contributed by atoms with Crippen LogP contribution in [0.4, 0.5) is 0 Å². The van der Waals surface area contributed by atoms with E-state index in [-0.39, 0.29) is 5.43 Å². The minimum atomic E-state index is -0.0230. The summed E-state index contributed by atoms with van der Waals surface area (Å²) in [6, 6.07) is 19.6. The van der Waals surface area contributed by atoms with Crippen LogP contribution in [0.3, 0.4) is 0 Å². The van der Waals surface area contributed by atoms with Gasteiger partial charge in [-0.1, -0.05) is 42.5 Å². The third-order valence-electron chi connectivity index (χ3n) is 6.17. The Hall–Kier alpha value is -3.15. The Bertz CT molecular complexity index is 1270. The Labute approximate surface area is 187 Å². The molecule has 1 aliphatic heterocycles. The summed E-state index contributed by atoms with van der Waals surface area (Å²) in [5.41, 5.74) is 2.00. The van der Waals surface area contributed by atoms with Crippen LogP contribution >= 0.6 is 0 Å². The van der Waals surface area contributed by atoms with Crippen molar-refractivity contribution in [2.24, 2.45) is 0 Å². The Morgan fingerprint density at radius 3 is 2.66 bits per heavy atom. The van der Waals surface area contributed by atoms with E-state index in [1.807, 2.05) is 48.5 Å². The molecule has 5 nitrogen and oxygen atoms in total. The van der Waals surface area contributed by atoms with Gasteiger partial charge in [0.05, 0.1) is 17.6 Å². The summed E-state index contributed by atoms with van der Waals surface area (Å²) >= 11 is 0. The molecule has 4 aromatic rings. The van der Waals surface area contributed by atoms with E-state index in [1.54, 1.807) is 6.26 Å². The van der Waals surface area contributed by atoms with E-state index in [0.29, 0.717) is 23.1 Å². The first kappa shape index (κ1) is 20.7. The topological polar surface area (TPSA) is 54.7 Å². The molecule has 164 valence electrons. The SMILES string of the molecule is O=c1c(-c2cccc3ccccc23)coc2cc(OCCCCN3CCNCC3)ccc12. The van der Waals surface area contributed by atoms with Crippen molar-refractivity contribution in [3.63, 3.8) is 0 Å². The van der Waals surface area contributed by atoms with Gasteiger partial charge < -0.3 is 19.4 Å². The molecule has 0 spiro atoms. The van der Waals surface area contributed by atoms with E-state index in [4.69, 9.17) is 9.15 Å². The number of nitrogens with zero attached hydrogens (tertiary/aromatic N) is 1. The zero-order valence-corrected chi connectivity index (χ0v) is 18.2. The molecule has 5 heteroatoms. The zero-order chi connectivity index (χ0) is 21.8. The lowest BCUT2D eigenvalue weighted by molar-refractivity contribution is 0.226. The van der Waals surface area contributed by atoms with Crippen LogP contribution in [-0.4, -0.2) is 44.2 Å². The highest BCUT2D eigenvalue weighted by Crippen LogP contribution is 2.28. The summed E-state index contributed by atoms with van der Waals surface area (Å²) in [4.78, 5) is 15.7. The Kier molecular flexibility index (Phi) is 6.19. The van der Waals surface area contributed by atoms with Crippen molar-refractivity contribution >= 4 is 21.7 Å². The second kappa shape index (κ2) is 9.55. The fourth-order valence-electron chi connectivity index (χ4n) is 4.41. The van der Waals surface area contributed by atoms with E-state index >= 15 is 0 Å². The van der Waals surface area contributed by atoms with Crippen molar-refractivity contribution in [3.05, 3.63) is 77.2 Å². The molecule has 0 amide bonds. The molecule has 1 N–H and O–H groups in total. The van der Waals surface area contributed by atoms with Crippen LogP contribution in [-0.2, 0) is 0 Å². The molecule has 0 atom stereocenters. The summed E-state index contributed by atoms with van der Waals surface area (Å²) in [6.07, 6.45) is 3.70. The summed E-state index contributed by atoms with van der Waals surface area (Å²) in [7, 11) is 0. The molecule has 3 aromatic carbocycles. The first-order valence-corrected chi connectivity index (χ1v) is 11.4. The lowest BCUT2D eigenvalue weighted by Gasteiger charge is -2.26. The highest BCUT2D eigenvalue weighted by atomic mass is 16.5. The molecule has 32 heavy (non-hydrogen) atoms. The molecule has 5 rings (SSSR count). The smallest absolute Gasteiger partial charge is 0.200 e. The standard InChI is InChI=1S/C27H28N2O3/c30-27-24-11-10-21(31-17-4-3-14-29-15-12-28-13-16-29)18-26(24)32-19-25(27)23-9-5-7-20-6-1-2-8-22(20)23/h1-2,5-11,18-19,28H,3-4,12-17H2. The van der Waals surface area contributed by atoms with Crippen LogP contribution in [0.5, 0.6) is 5.75 Å². The third kappa shape index (κ3) is 4.40. The van der Waals surface area contributed by atoms with E-state index in [2.05, 4.69) is 22.3 Å². The van der Waals surface area contributed by atoms with Gasteiger partial charge in [-0.05, 0) is 47.9 Å². The van der Waals surface area contributed by atoms with Gasteiger partial charge in [0, 0.05) is 32.2 Å². The van der Waals surface area contributed by atoms with Crippen LogP contribution in [0.15, 0.2) is 76.1 Å². The highest BCUT2D eigenvalue weighted by Gasteiger charge is 2.13. The Balaban J connectivity index is 1.29. The summed E-state index contributed by atoms with van der Waals surface area (Å²) in [5.74, 6) is 0.737. The van der Waals surface area contributed by atoms with Crippen LogP contribution in [0.25, 0.3) is 32.9 Å². The summed E-state index contributed by atoms with van der Waals surface area (Å²) < 4.78 is 11.8. The number of nitrogens with one attached hydrogen (secondary N) is 1. The Morgan fingerprint density at radius 2 is 1.75 bits per heavy atom. The van der Waals surface area contributed by atoms with Gasteiger partial charge in [0.1, 0.15) is 17.6 Å². The summed E-state index contributed by atoms with van der Waals surface area (Å²) in [5, 5.41) is 6.10. The second-order valence-corrected chi connectivity index (χ2v) is 8.31. The summed E-state index contributed by atoms with van der Waals surface area (Å²) in [6.45, 7) is 6.21. The van der Waals surface area contributed by atoms with Gasteiger partial charge in [0.15, 0.2) is 0 Å². The van der Waals surface area contributed by atoms with E-state index in [9.17, 15) is 4.79 Å². The van der Waals surface area contributed by atoms with Crippen molar-refractivity contribution in [3.8, 4) is 16.9 Å². The number of hydrogen-bond acceptors (Lipinski definition) is 5. The van der Waals surface area contributed by atoms with Crippen LogP contribution in [0, 0.1) is 0 Å².